The maximum atomic E-state index is 4.79. The van der Waals surface area contributed by atoms with Gasteiger partial charge in [-0.1, -0.05) is 34.1 Å². The van der Waals surface area contributed by atoms with Crippen LogP contribution >= 0.6 is 11.3 Å². The second-order valence-corrected chi connectivity index (χ2v) is 7.21. The van der Waals surface area contributed by atoms with Crippen LogP contribution in [0.5, 0.6) is 0 Å². The molecule has 3 heteroatoms. The average Bonchev–Trinajstić information content (AvgIpc) is 2.77. The van der Waals surface area contributed by atoms with E-state index in [0.29, 0.717) is 5.41 Å². The molecular formula is C15H26N2S. The first kappa shape index (κ1) is 14.0. The monoisotopic (exact) mass is 266 g/mol. The number of hydrogen-bond acceptors (Lipinski definition) is 3. The van der Waals surface area contributed by atoms with Crippen molar-refractivity contribution in [1.82, 2.24) is 10.3 Å². The molecule has 0 saturated heterocycles. The lowest BCUT2D eigenvalue weighted by Crippen LogP contribution is -2.28. The molecule has 1 N–H and O–H groups in total. The quantitative estimate of drug-likeness (QED) is 0.877. The van der Waals surface area contributed by atoms with Gasteiger partial charge >= 0.3 is 0 Å². The normalized spacial score (nSPS) is 19.9. The largest absolute Gasteiger partial charge is 0.311 e. The lowest BCUT2D eigenvalue weighted by Gasteiger charge is -2.35. The maximum Gasteiger partial charge on any atom is 0.107 e. The van der Waals surface area contributed by atoms with Gasteiger partial charge in [-0.3, -0.25) is 0 Å². The fourth-order valence-electron chi connectivity index (χ4n) is 2.69. The summed E-state index contributed by atoms with van der Waals surface area (Å²) >= 11 is 1.93. The van der Waals surface area contributed by atoms with Gasteiger partial charge in [-0.25, -0.2) is 4.98 Å². The summed E-state index contributed by atoms with van der Waals surface area (Å²) in [6.07, 6.45) is 5.03. The molecule has 1 aromatic heterocycles. The smallest absolute Gasteiger partial charge is 0.107 e. The second kappa shape index (κ2) is 5.70. The molecule has 1 heterocycles. The summed E-state index contributed by atoms with van der Waals surface area (Å²) in [6, 6.07) is 0. The molecule has 0 fully saturated rings. The van der Waals surface area contributed by atoms with Crippen LogP contribution in [0, 0.1) is 11.3 Å². The molecule has 0 aromatic carbocycles. The molecule has 0 bridgehead atoms. The summed E-state index contributed by atoms with van der Waals surface area (Å²) in [4.78, 5) is 6.34. The molecule has 0 radical (unpaired) electrons. The minimum atomic E-state index is 0.476. The highest BCUT2D eigenvalue weighted by atomic mass is 32.1. The molecule has 1 atom stereocenters. The van der Waals surface area contributed by atoms with Crippen LogP contribution in [0.15, 0.2) is 0 Å². The topological polar surface area (TPSA) is 24.9 Å². The Balaban J connectivity index is 2.07. The number of fused-ring (bicyclic) bond motifs is 1. The Morgan fingerprint density at radius 1 is 1.39 bits per heavy atom. The third-order valence-corrected chi connectivity index (χ3v) is 5.65. The van der Waals surface area contributed by atoms with Gasteiger partial charge in [0.2, 0.25) is 0 Å². The molecule has 0 amide bonds. The maximum absolute atomic E-state index is 4.79. The highest BCUT2D eigenvalue weighted by Gasteiger charge is 2.32. The number of hydrogen-bond donors (Lipinski definition) is 1. The standard InChI is InChI=1S/C15H26N2S/c1-5-15(3,4)11-7-8-12-13(9-11)18-14(17-12)10-16-6-2/h11,16H,5-10H2,1-4H3. The van der Waals surface area contributed by atoms with Gasteiger partial charge in [0.15, 0.2) is 0 Å². The Bertz CT molecular complexity index is 395. The zero-order valence-electron chi connectivity index (χ0n) is 12.2. The van der Waals surface area contributed by atoms with Crippen LogP contribution in [0.3, 0.4) is 0 Å². The Labute approximate surface area is 115 Å². The number of nitrogens with one attached hydrogen (secondary N) is 1. The highest BCUT2D eigenvalue weighted by molar-refractivity contribution is 7.11. The van der Waals surface area contributed by atoms with Crippen LogP contribution in [0.25, 0.3) is 0 Å². The first-order valence-corrected chi connectivity index (χ1v) is 8.06. The van der Waals surface area contributed by atoms with Gasteiger partial charge in [0.05, 0.1) is 5.69 Å². The zero-order valence-corrected chi connectivity index (χ0v) is 13.0. The fraction of sp³-hybridized carbons (Fsp3) is 0.800. The summed E-state index contributed by atoms with van der Waals surface area (Å²) in [6.45, 7) is 11.3. The molecule has 1 aliphatic carbocycles. The number of thiazole rings is 1. The first-order valence-electron chi connectivity index (χ1n) is 7.25. The average molecular weight is 266 g/mol. The van der Waals surface area contributed by atoms with E-state index in [1.165, 1.54) is 36.4 Å². The molecule has 0 saturated carbocycles. The molecule has 102 valence electrons. The van der Waals surface area contributed by atoms with Crippen molar-refractivity contribution in [2.75, 3.05) is 6.54 Å². The SMILES string of the molecule is CCNCc1nc2c(s1)CC(C(C)(C)CC)CC2. The predicted molar refractivity (Wildman–Crippen MR) is 79.1 cm³/mol. The second-order valence-electron chi connectivity index (χ2n) is 6.04. The molecule has 2 nitrogen and oxygen atoms in total. The van der Waals surface area contributed by atoms with E-state index in [0.717, 1.165) is 19.0 Å². The van der Waals surface area contributed by atoms with E-state index in [1.807, 2.05) is 11.3 Å². The first-order chi connectivity index (χ1) is 8.56. The molecule has 18 heavy (non-hydrogen) atoms. The van der Waals surface area contributed by atoms with Crippen molar-refractivity contribution < 1.29 is 0 Å². The van der Waals surface area contributed by atoms with Crippen LogP contribution in [0.4, 0.5) is 0 Å². The van der Waals surface area contributed by atoms with Crippen LogP contribution in [0.1, 0.15) is 56.1 Å². The van der Waals surface area contributed by atoms with Crippen LogP contribution in [-0.2, 0) is 19.4 Å². The summed E-state index contributed by atoms with van der Waals surface area (Å²) < 4.78 is 0. The van der Waals surface area contributed by atoms with Crippen molar-refractivity contribution in [3.63, 3.8) is 0 Å². The number of nitrogens with zero attached hydrogens (tertiary/aromatic N) is 1. The summed E-state index contributed by atoms with van der Waals surface area (Å²) in [5, 5.41) is 4.65. The lowest BCUT2D eigenvalue weighted by molar-refractivity contribution is 0.183. The third-order valence-electron chi connectivity index (χ3n) is 4.53. The van der Waals surface area contributed by atoms with Crippen LogP contribution < -0.4 is 5.32 Å². The zero-order chi connectivity index (χ0) is 13.2. The van der Waals surface area contributed by atoms with Crippen molar-refractivity contribution in [3.8, 4) is 0 Å². The summed E-state index contributed by atoms with van der Waals surface area (Å²) in [5.74, 6) is 0.836. The van der Waals surface area contributed by atoms with E-state index in [2.05, 4.69) is 33.0 Å². The van der Waals surface area contributed by atoms with Gasteiger partial charge in [-0.15, -0.1) is 11.3 Å². The van der Waals surface area contributed by atoms with E-state index >= 15 is 0 Å². The molecule has 0 aliphatic heterocycles. The minimum absolute atomic E-state index is 0.476. The molecular weight excluding hydrogens is 240 g/mol. The number of aromatic nitrogens is 1. The number of aryl methyl sites for hydroxylation is 1. The van der Waals surface area contributed by atoms with E-state index in [9.17, 15) is 0 Å². The Kier molecular flexibility index (Phi) is 4.44. The lowest BCUT2D eigenvalue weighted by atomic mass is 9.70. The fourth-order valence-corrected chi connectivity index (χ4v) is 3.86. The molecule has 1 unspecified atom stereocenters. The molecule has 2 rings (SSSR count). The van der Waals surface area contributed by atoms with Gasteiger partial charge in [-0.2, -0.15) is 0 Å². The van der Waals surface area contributed by atoms with Crippen molar-refractivity contribution in [2.45, 2.75) is 59.9 Å². The van der Waals surface area contributed by atoms with Crippen molar-refractivity contribution in [1.29, 1.82) is 0 Å². The van der Waals surface area contributed by atoms with E-state index in [4.69, 9.17) is 4.98 Å². The van der Waals surface area contributed by atoms with Crippen molar-refractivity contribution >= 4 is 11.3 Å². The van der Waals surface area contributed by atoms with Crippen LogP contribution in [0.2, 0.25) is 0 Å². The van der Waals surface area contributed by atoms with Gasteiger partial charge < -0.3 is 5.32 Å². The Morgan fingerprint density at radius 3 is 2.83 bits per heavy atom. The predicted octanol–water partition coefficient (Wildman–Crippen LogP) is 3.79. The molecule has 1 aromatic rings. The summed E-state index contributed by atoms with van der Waals surface area (Å²) in [5.41, 5.74) is 1.86. The van der Waals surface area contributed by atoms with Gasteiger partial charge in [0.1, 0.15) is 5.01 Å². The number of rotatable bonds is 5. The highest BCUT2D eigenvalue weighted by Crippen LogP contribution is 2.41. The Morgan fingerprint density at radius 2 is 2.17 bits per heavy atom. The molecule has 1 aliphatic rings. The third kappa shape index (κ3) is 2.94. The van der Waals surface area contributed by atoms with Crippen molar-refractivity contribution in [3.05, 3.63) is 15.6 Å². The van der Waals surface area contributed by atoms with Crippen molar-refractivity contribution in [2.24, 2.45) is 11.3 Å². The summed E-state index contributed by atoms with van der Waals surface area (Å²) in [7, 11) is 0. The van der Waals surface area contributed by atoms with E-state index in [-0.39, 0.29) is 0 Å². The van der Waals surface area contributed by atoms with Gasteiger partial charge in [0, 0.05) is 11.4 Å². The minimum Gasteiger partial charge on any atom is -0.311 e. The Hall–Kier alpha value is -0.410. The molecule has 0 spiro atoms. The van der Waals surface area contributed by atoms with Gasteiger partial charge in [-0.05, 0) is 37.1 Å². The van der Waals surface area contributed by atoms with Gasteiger partial charge in [0.25, 0.3) is 0 Å². The van der Waals surface area contributed by atoms with Crippen LogP contribution in [-0.4, -0.2) is 11.5 Å². The van der Waals surface area contributed by atoms with E-state index in [1.54, 1.807) is 4.88 Å². The van der Waals surface area contributed by atoms with E-state index < -0.39 is 0 Å².